The molecule has 1 aromatic heterocycles. The highest BCUT2D eigenvalue weighted by molar-refractivity contribution is 7.91. The molecule has 0 fully saturated rings. The number of aryl methyl sites for hydroxylation is 1. The maximum absolute atomic E-state index is 12.2. The van der Waals surface area contributed by atoms with Gasteiger partial charge in [0.05, 0.1) is 16.2 Å². The highest BCUT2D eigenvalue weighted by Gasteiger charge is 2.21. The second-order valence-electron chi connectivity index (χ2n) is 4.00. The van der Waals surface area contributed by atoms with Crippen LogP contribution in [0.2, 0.25) is 0 Å². The van der Waals surface area contributed by atoms with Crippen LogP contribution in [-0.4, -0.2) is 25.2 Å². The fourth-order valence-electron chi connectivity index (χ4n) is 1.71. The quantitative estimate of drug-likeness (QED) is 0.920. The first-order valence-corrected chi connectivity index (χ1v) is 8.16. The van der Waals surface area contributed by atoms with Gasteiger partial charge in [-0.1, -0.05) is 12.1 Å². The lowest BCUT2D eigenvalue weighted by Crippen LogP contribution is -2.13. The van der Waals surface area contributed by atoms with E-state index in [1.165, 1.54) is 35.6 Å². The molecule has 0 unspecified atom stereocenters. The molecule has 0 aliphatic carbocycles. The number of hydrogen-bond acceptors (Lipinski definition) is 4. The van der Waals surface area contributed by atoms with E-state index in [1.807, 2.05) is 16.8 Å². The van der Waals surface area contributed by atoms with E-state index in [0.29, 0.717) is 6.42 Å². The van der Waals surface area contributed by atoms with Crippen molar-refractivity contribution < 1.29 is 18.3 Å². The summed E-state index contributed by atoms with van der Waals surface area (Å²) in [5.41, 5.74) is 0.772. The zero-order valence-corrected chi connectivity index (χ0v) is 11.6. The highest BCUT2D eigenvalue weighted by Crippen LogP contribution is 2.18. The molecule has 0 aliphatic rings. The Bertz CT molecular complexity index is 672. The molecular weight excluding hydrogens is 284 g/mol. The standard InChI is InChI=1S/C13H12O4S2/c14-13(15)11-3-1-2-4-12(11)19(16,17)8-6-10-5-7-18-9-10/h1-5,7,9H,6,8H2,(H,14,15). The third-order valence-electron chi connectivity index (χ3n) is 2.69. The highest BCUT2D eigenvalue weighted by atomic mass is 32.2. The van der Waals surface area contributed by atoms with Crippen molar-refractivity contribution in [2.75, 3.05) is 5.75 Å². The number of benzene rings is 1. The first kappa shape index (κ1) is 13.8. The molecule has 4 nitrogen and oxygen atoms in total. The van der Waals surface area contributed by atoms with Crippen molar-refractivity contribution in [3.63, 3.8) is 0 Å². The zero-order chi connectivity index (χ0) is 13.9. The number of rotatable bonds is 5. The molecule has 0 aliphatic heterocycles. The molecule has 0 saturated carbocycles. The smallest absolute Gasteiger partial charge is 0.337 e. The Morgan fingerprint density at radius 1 is 1.21 bits per heavy atom. The summed E-state index contributed by atoms with van der Waals surface area (Å²) in [6, 6.07) is 7.56. The molecule has 0 radical (unpaired) electrons. The number of carbonyl (C=O) groups is 1. The molecular formula is C13H12O4S2. The van der Waals surface area contributed by atoms with Gasteiger partial charge in [0, 0.05) is 0 Å². The molecule has 0 saturated heterocycles. The summed E-state index contributed by atoms with van der Waals surface area (Å²) < 4.78 is 24.4. The molecule has 1 heterocycles. The second kappa shape index (κ2) is 5.54. The van der Waals surface area contributed by atoms with Gasteiger partial charge in [-0.25, -0.2) is 13.2 Å². The Hall–Kier alpha value is -1.66. The van der Waals surface area contributed by atoms with E-state index in [4.69, 9.17) is 5.11 Å². The predicted molar refractivity (Wildman–Crippen MR) is 73.5 cm³/mol. The SMILES string of the molecule is O=C(O)c1ccccc1S(=O)(=O)CCc1ccsc1. The monoisotopic (exact) mass is 296 g/mol. The molecule has 0 amide bonds. The van der Waals surface area contributed by atoms with Gasteiger partial charge in [0.1, 0.15) is 0 Å². The van der Waals surface area contributed by atoms with E-state index < -0.39 is 15.8 Å². The van der Waals surface area contributed by atoms with Gasteiger partial charge in [-0.05, 0) is 40.9 Å². The summed E-state index contributed by atoms with van der Waals surface area (Å²) in [6.07, 6.45) is 0.389. The number of hydrogen-bond donors (Lipinski definition) is 1. The Kier molecular flexibility index (Phi) is 4.01. The third kappa shape index (κ3) is 3.21. The van der Waals surface area contributed by atoms with Crippen LogP contribution in [0.25, 0.3) is 0 Å². The van der Waals surface area contributed by atoms with E-state index in [-0.39, 0.29) is 16.2 Å². The van der Waals surface area contributed by atoms with Crippen LogP contribution in [0.4, 0.5) is 0 Å². The zero-order valence-electron chi connectivity index (χ0n) is 9.94. The number of thiophene rings is 1. The molecule has 100 valence electrons. The molecule has 0 atom stereocenters. The topological polar surface area (TPSA) is 71.4 Å². The van der Waals surface area contributed by atoms with Crippen LogP contribution < -0.4 is 0 Å². The normalized spacial score (nSPS) is 11.4. The minimum Gasteiger partial charge on any atom is -0.478 e. The Balaban J connectivity index is 2.27. The summed E-state index contributed by atoms with van der Waals surface area (Å²) in [7, 11) is -3.59. The molecule has 19 heavy (non-hydrogen) atoms. The fourth-order valence-corrected chi connectivity index (χ4v) is 3.92. The number of aromatic carboxylic acids is 1. The number of sulfone groups is 1. The average Bonchev–Trinajstić information content (AvgIpc) is 2.89. The lowest BCUT2D eigenvalue weighted by atomic mass is 10.2. The lowest BCUT2D eigenvalue weighted by Gasteiger charge is -2.07. The second-order valence-corrected chi connectivity index (χ2v) is 6.86. The lowest BCUT2D eigenvalue weighted by molar-refractivity contribution is 0.0692. The van der Waals surface area contributed by atoms with Crippen LogP contribution in [0.5, 0.6) is 0 Å². The van der Waals surface area contributed by atoms with Gasteiger partial charge in [-0.15, -0.1) is 0 Å². The third-order valence-corrected chi connectivity index (χ3v) is 5.19. The Morgan fingerprint density at radius 2 is 1.95 bits per heavy atom. The predicted octanol–water partition coefficient (Wildman–Crippen LogP) is 2.46. The minimum atomic E-state index is -3.59. The summed E-state index contributed by atoms with van der Waals surface area (Å²) >= 11 is 1.51. The minimum absolute atomic E-state index is 0.0893. The Labute approximate surface area is 115 Å². The number of carboxylic acid groups (broad SMARTS) is 1. The van der Waals surface area contributed by atoms with Crippen molar-refractivity contribution in [1.82, 2.24) is 0 Å². The summed E-state index contributed by atoms with van der Waals surface area (Å²) in [5.74, 6) is -1.32. The van der Waals surface area contributed by atoms with Gasteiger partial charge in [0.2, 0.25) is 0 Å². The molecule has 0 spiro atoms. The van der Waals surface area contributed by atoms with Crippen LogP contribution in [0.15, 0.2) is 46.0 Å². The molecule has 2 rings (SSSR count). The van der Waals surface area contributed by atoms with E-state index in [2.05, 4.69) is 0 Å². The summed E-state index contributed by atoms with van der Waals surface area (Å²) in [6.45, 7) is 0. The molecule has 2 aromatic rings. The van der Waals surface area contributed by atoms with Gasteiger partial charge in [0.15, 0.2) is 9.84 Å². The van der Waals surface area contributed by atoms with Gasteiger partial charge < -0.3 is 5.11 Å². The van der Waals surface area contributed by atoms with Crippen molar-refractivity contribution in [2.24, 2.45) is 0 Å². The van der Waals surface area contributed by atoms with Crippen molar-refractivity contribution in [2.45, 2.75) is 11.3 Å². The molecule has 1 N–H and O–H groups in total. The summed E-state index contributed by atoms with van der Waals surface area (Å²) in [4.78, 5) is 10.9. The van der Waals surface area contributed by atoms with Crippen LogP contribution in [-0.2, 0) is 16.3 Å². The van der Waals surface area contributed by atoms with Gasteiger partial charge in [-0.3, -0.25) is 0 Å². The first-order valence-electron chi connectivity index (χ1n) is 5.57. The largest absolute Gasteiger partial charge is 0.478 e. The van der Waals surface area contributed by atoms with Gasteiger partial charge in [-0.2, -0.15) is 11.3 Å². The average molecular weight is 296 g/mol. The van der Waals surface area contributed by atoms with Crippen molar-refractivity contribution in [3.05, 3.63) is 52.2 Å². The van der Waals surface area contributed by atoms with Gasteiger partial charge in [0.25, 0.3) is 0 Å². The van der Waals surface area contributed by atoms with Crippen LogP contribution in [0.1, 0.15) is 15.9 Å². The van der Waals surface area contributed by atoms with Crippen molar-refractivity contribution in [1.29, 1.82) is 0 Å². The molecule has 1 aromatic carbocycles. The number of carboxylic acids is 1. The Morgan fingerprint density at radius 3 is 2.58 bits per heavy atom. The van der Waals surface area contributed by atoms with Crippen LogP contribution in [0, 0.1) is 0 Å². The van der Waals surface area contributed by atoms with Crippen molar-refractivity contribution >= 4 is 27.1 Å². The molecule has 0 bridgehead atoms. The van der Waals surface area contributed by atoms with E-state index >= 15 is 0 Å². The molecule has 6 heteroatoms. The van der Waals surface area contributed by atoms with Crippen LogP contribution >= 0.6 is 11.3 Å². The van der Waals surface area contributed by atoms with E-state index in [0.717, 1.165) is 5.56 Å². The first-order chi connectivity index (χ1) is 9.00. The van der Waals surface area contributed by atoms with E-state index in [1.54, 1.807) is 0 Å². The van der Waals surface area contributed by atoms with E-state index in [9.17, 15) is 13.2 Å². The fraction of sp³-hybridized carbons (Fsp3) is 0.154. The van der Waals surface area contributed by atoms with Crippen LogP contribution in [0.3, 0.4) is 0 Å². The van der Waals surface area contributed by atoms with Gasteiger partial charge >= 0.3 is 5.97 Å². The summed E-state index contributed by atoms with van der Waals surface area (Å²) in [5, 5.41) is 12.8. The van der Waals surface area contributed by atoms with Crippen molar-refractivity contribution in [3.8, 4) is 0 Å². The maximum Gasteiger partial charge on any atom is 0.337 e. The maximum atomic E-state index is 12.2.